The molecule has 36 heavy (non-hydrogen) atoms. The molecule has 5 rings (SSSR count). The highest BCUT2D eigenvalue weighted by Gasteiger charge is 2.26. The van der Waals surface area contributed by atoms with Gasteiger partial charge in [0.05, 0.1) is 23.7 Å². The first kappa shape index (κ1) is 23.7. The van der Waals surface area contributed by atoms with Gasteiger partial charge in [0.2, 0.25) is 0 Å². The number of aryl methyl sites for hydroxylation is 1. The van der Waals surface area contributed by atoms with Gasteiger partial charge in [0.1, 0.15) is 29.3 Å². The van der Waals surface area contributed by atoms with Crippen LogP contribution in [0.1, 0.15) is 47.1 Å². The lowest BCUT2D eigenvalue weighted by Crippen LogP contribution is -2.10. The third kappa shape index (κ3) is 4.58. The summed E-state index contributed by atoms with van der Waals surface area (Å²) in [5.41, 5.74) is 4.24. The summed E-state index contributed by atoms with van der Waals surface area (Å²) in [6.07, 6.45) is 3.82. The van der Waals surface area contributed by atoms with Crippen LogP contribution < -0.4 is 5.32 Å². The standard InChI is InChI=1S/C26H28FN7O2/c1-5-36-26(35)23-16(3)31-34(17(23)4)22-12-21(28-14-29-22)30-25-15(2)24(19-8-10-20(27)11-9-19)32-33(25)13-18-6-7-18/h8-12,14,18H,5-7,13H2,1-4H3,(H,28,29,30). The van der Waals surface area contributed by atoms with Gasteiger partial charge < -0.3 is 10.1 Å². The van der Waals surface area contributed by atoms with Gasteiger partial charge in [-0.15, -0.1) is 0 Å². The van der Waals surface area contributed by atoms with Crippen molar-refractivity contribution in [2.45, 2.75) is 47.1 Å². The molecule has 3 heterocycles. The number of aromatic nitrogens is 6. The first-order valence-electron chi connectivity index (χ1n) is 12.0. The summed E-state index contributed by atoms with van der Waals surface area (Å²) < 4.78 is 22.3. The lowest BCUT2D eigenvalue weighted by molar-refractivity contribution is 0.0524. The molecule has 9 nitrogen and oxygen atoms in total. The van der Waals surface area contributed by atoms with Crippen LogP contribution in [0, 0.1) is 32.5 Å². The number of rotatable bonds is 8. The molecule has 0 saturated heterocycles. The molecule has 0 spiro atoms. The number of ether oxygens (including phenoxy) is 1. The molecule has 3 aromatic heterocycles. The molecule has 0 amide bonds. The average Bonchev–Trinajstić information content (AvgIpc) is 3.56. The van der Waals surface area contributed by atoms with Crippen LogP contribution in [0.15, 0.2) is 36.7 Å². The Hall–Kier alpha value is -4.08. The van der Waals surface area contributed by atoms with Gasteiger partial charge in [0.25, 0.3) is 0 Å². The van der Waals surface area contributed by atoms with E-state index in [0.717, 1.165) is 29.2 Å². The van der Waals surface area contributed by atoms with Crippen molar-refractivity contribution in [1.29, 1.82) is 0 Å². The fourth-order valence-electron chi connectivity index (χ4n) is 4.29. The van der Waals surface area contributed by atoms with Gasteiger partial charge in [-0.2, -0.15) is 10.2 Å². The van der Waals surface area contributed by atoms with Crippen LogP contribution in [-0.4, -0.2) is 42.1 Å². The monoisotopic (exact) mass is 489 g/mol. The summed E-state index contributed by atoms with van der Waals surface area (Å²) in [6, 6.07) is 8.14. The maximum atomic E-state index is 13.5. The third-order valence-corrected chi connectivity index (χ3v) is 6.32. The van der Waals surface area contributed by atoms with Crippen molar-refractivity contribution in [2.24, 2.45) is 5.92 Å². The minimum absolute atomic E-state index is 0.282. The lowest BCUT2D eigenvalue weighted by Gasteiger charge is -2.11. The van der Waals surface area contributed by atoms with E-state index >= 15 is 0 Å². The Morgan fingerprint density at radius 3 is 2.58 bits per heavy atom. The van der Waals surface area contributed by atoms with Crippen LogP contribution in [0.3, 0.4) is 0 Å². The second-order valence-electron chi connectivity index (χ2n) is 9.02. The molecule has 0 bridgehead atoms. The zero-order valence-corrected chi connectivity index (χ0v) is 20.7. The normalized spacial score (nSPS) is 13.1. The van der Waals surface area contributed by atoms with Crippen molar-refractivity contribution in [2.75, 3.05) is 11.9 Å². The van der Waals surface area contributed by atoms with E-state index < -0.39 is 5.97 Å². The van der Waals surface area contributed by atoms with Crippen LogP contribution in [0.2, 0.25) is 0 Å². The number of halogens is 1. The summed E-state index contributed by atoms with van der Waals surface area (Å²) in [4.78, 5) is 21.2. The van der Waals surface area contributed by atoms with E-state index in [1.165, 1.54) is 31.3 Å². The molecule has 4 aromatic rings. The molecule has 1 saturated carbocycles. The van der Waals surface area contributed by atoms with Crippen molar-refractivity contribution in [3.8, 4) is 17.1 Å². The smallest absolute Gasteiger partial charge is 0.341 e. The molecule has 1 aromatic carbocycles. The SMILES string of the molecule is CCOC(=O)c1c(C)nn(-c2cc(Nc3c(C)c(-c4ccc(F)cc4)nn3CC3CC3)ncn2)c1C. The molecular weight excluding hydrogens is 461 g/mol. The van der Waals surface area contributed by atoms with Crippen molar-refractivity contribution >= 4 is 17.6 Å². The number of hydrogen-bond donors (Lipinski definition) is 1. The number of esters is 1. The zero-order valence-electron chi connectivity index (χ0n) is 20.7. The first-order valence-corrected chi connectivity index (χ1v) is 12.0. The van der Waals surface area contributed by atoms with Crippen LogP contribution in [-0.2, 0) is 11.3 Å². The fourth-order valence-corrected chi connectivity index (χ4v) is 4.29. The highest BCUT2D eigenvalue weighted by atomic mass is 19.1. The van der Waals surface area contributed by atoms with E-state index in [4.69, 9.17) is 9.84 Å². The van der Waals surface area contributed by atoms with E-state index in [1.807, 2.05) is 18.5 Å². The van der Waals surface area contributed by atoms with Gasteiger partial charge in [-0.1, -0.05) is 0 Å². The van der Waals surface area contributed by atoms with Gasteiger partial charge in [-0.3, -0.25) is 0 Å². The molecular formula is C26H28FN7O2. The van der Waals surface area contributed by atoms with Crippen LogP contribution in [0.5, 0.6) is 0 Å². The van der Waals surface area contributed by atoms with Crippen LogP contribution in [0.4, 0.5) is 16.0 Å². The topological polar surface area (TPSA) is 99.8 Å². The number of anilines is 2. The molecule has 0 aliphatic heterocycles. The van der Waals surface area contributed by atoms with E-state index in [2.05, 4.69) is 20.4 Å². The van der Waals surface area contributed by atoms with Gasteiger partial charge in [0, 0.05) is 23.7 Å². The Bertz CT molecular complexity index is 1420. The molecule has 1 N–H and O–H groups in total. The van der Waals surface area contributed by atoms with Crippen LogP contribution in [0.25, 0.3) is 17.1 Å². The first-order chi connectivity index (χ1) is 17.4. The Kier molecular flexibility index (Phi) is 6.26. The van der Waals surface area contributed by atoms with Crippen molar-refractivity contribution in [1.82, 2.24) is 29.5 Å². The zero-order chi connectivity index (χ0) is 25.4. The Morgan fingerprint density at radius 1 is 1.14 bits per heavy atom. The Balaban J connectivity index is 1.49. The predicted molar refractivity (Wildman–Crippen MR) is 133 cm³/mol. The highest BCUT2D eigenvalue weighted by molar-refractivity contribution is 5.92. The van der Waals surface area contributed by atoms with Crippen molar-refractivity contribution in [3.63, 3.8) is 0 Å². The van der Waals surface area contributed by atoms with Crippen LogP contribution >= 0.6 is 0 Å². The van der Waals surface area contributed by atoms with Gasteiger partial charge >= 0.3 is 5.97 Å². The maximum Gasteiger partial charge on any atom is 0.341 e. The third-order valence-electron chi connectivity index (χ3n) is 6.32. The Morgan fingerprint density at radius 2 is 1.89 bits per heavy atom. The number of nitrogens with zero attached hydrogens (tertiary/aromatic N) is 6. The minimum Gasteiger partial charge on any atom is -0.462 e. The summed E-state index contributed by atoms with van der Waals surface area (Å²) in [5, 5.41) is 12.8. The average molecular weight is 490 g/mol. The quantitative estimate of drug-likeness (QED) is 0.351. The van der Waals surface area contributed by atoms with Crippen molar-refractivity contribution in [3.05, 3.63) is 65.0 Å². The number of carbonyl (C=O) groups excluding carboxylic acids is 1. The summed E-state index contributed by atoms with van der Waals surface area (Å²) in [6.45, 7) is 8.43. The number of nitrogens with one attached hydrogen (secondary N) is 1. The molecule has 186 valence electrons. The number of hydrogen-bond acceptors (Lipinski definition) is 7. The van der Waals surface area contributed by atoms with E-state index in [-0.39, 0.29) is 12.4 Å². The summed E-state index contributed by atoms with van der Waals surface area (Å²) in [7, 11) is 0. The molecule has 1 aliphatic rings. The minimum atomic E-state index is -0.404. The molecule has 1 fully saturated rings. The van der Waals surface area contributed by atoms with Gasteiger partial charge in [0.15, 0.2) is 5.82 Å². The summed E-state index contributed by atoms with van der Waals surface area (Å²) in [5.74, 6) is 1.83. The molecule has 0 atom stereocenters. The van der Waals surface area contributed by atoms with E-state index in [1.54, 1.807) is 36.7 Å². The molecule has 10 heteroatoms. The molecule has 0 radical (unpaired) electrons. The van der Waals surface area contributed by atoms with Crippen molar-refractivity contribution < 1.29 is 13.9 Å². The predicted octanol–water partition coefficient (Wildman–Crippen LogP) is 4.92. The van der Waals surface area contributed by atoms with E-state index in [0.29, 0.717) is 34.5 Å². The second kappa shape index (κ2) is 9.52. The molecule has 0 unspecified atom stereocenters. The number of benzene rings is 1. The van der Waals surface area contributed by atoms with E-state index in [9.17, 15) is 9.18 Å². The van der Waals surface area contributed by atoms with Gasteiger partial charge in [-0.25, -0.2) is 28.5 Å². The Labute approximate surface area is 208 Å². The second-order valence-corrected chi connectivity index (χ2v) is 9.02. The molecule has 1 aliphatic carbocycles. The lowest BCUT2D eigenvalue weighted by atomic mass is 10.1. The maximum absolute atomic E-state index is 13.5. The highest BCUT2D eigenvalue weighted by Crippen LogP contribution is 2.35. The largest absolute Gasteiger partial charge is 0.462 e. The van der Waals surface area contributed by atoms with Gasteiger partial charge in [-0.05, 0) is 70.7 Å². The summed E-state index contributed by atoms with van der Waals surface area (Å²) >= 11 is 0. The number of carbonyl (C=O) groups is 1. The fraction of sp³-hybridized carbons (Fsp3) is 0.346.